The van der Waals surface area contributed by atoms with Gasteiger partial charge in [-0.05, 0) is 68.3 Å². The molecular formula is C24H22BrFN4O2. The van der Waals surface area contributed by atoms with E-state index in [1.807, 2.05) is 39.0 Å². The molecule has 1 amide bonds. The average Bonchev–Trinajstić information content (AvgIpc) is 3.00. The predicted molar refractivity (Wildman–Crippen MR) is 127 cm³/mol. The molecule has 0 atom stereocenters. The molecule has 8 heteroatoms. The summed E-state index contributed by atoms with van der Waals surface area (Å²) in [6.07, 6.45) is 1.57. The Hall–Kier alpha value is -3.26. The van der Waals surface area contributed by atoms with E-state index in [-0.39, 0.29) is 30.2 Å². The fourth-order valence-corrected chi connectivity index (χ4v) is 4.25. The molecule has 0 aliphatic rings. The second kappa shape index (κ2) is 8.70. The molecule has 32 heavy (non-hydrogen) atoms. The van der Waals surface area contributed by atoms with Crippen LogP contribution in [0, 0.1) is 26.6 Å². The van der Waals surface area contributed by atoms with Crippen molar-refractivity contribution in [3.63, 3.8) is 0 Å². The number of carbonyl (C=O) groups is 1. The first-order valence-electron chi connectivity index (χ1n) is 10.1. The highest BCUT2D eigenvalue weighted by Crippen LogP contribution is 2.25. The topological polar surface area (TPSA) is 68.9 Å². The maximum Gasteiger partial charge on any atom is 0.263 e. The smallest absolute Gasteiger partial charge is 0.263 e. The highest BCUT2D eigenvalue weighted by Gasteiger charge is 2.18. The van der Waals surface area contributed by atoms with Crippen molar-refractivity contribution in [3.05, 3.63) is 86.3 Å². The molecule has 0 spiro atoms. The molecule has 4 rings (SSSR count). The van der Waals surface area contributed by atoms with E-state index < -0.39 is 0 Å². The standard InChI is InChI=1S/C24H22BrFN4O2/c1-14-11-17(25)7-8-20(14)28-21(31)9-10-29-13-27-23-22(24(29)32)15(2)16(3)30(23)19-6-4-5-18(26)12-19/h4-8,11-13H,9-10H2,1-3H3,(H,28,31). The molecule has 0 radical (unpaired) electrons. The minimum atomic E-state index is -0.359. The second-order valence-electron chi connectivity index (χ2n) is 7.72. The molecule has 0 aliphatic carbocycles. The molecular weight excluding hydrogens is 475 g/mol. The first-order chi connectivity index (χ1) is 15.3. The average molecular weight is 497 g/mol. The van der Waals surface area contributed by atoms with Crippen LogP contribution in [-0.2, 0) is 11.3 Å². The summed E-state index contributed by atoms with van der Waals surface area (Å²) in [7, 11) is 0. The first kappa shape index (κ1) is 22.0. The van der Waals surface area contributed by atoms with Gasteiger partial charge in [-0.15, -0.1) is 0 Å². The second-order valence-corrected chi connectivity index (χ2v) is 8.64. The van der Waals surface area contributed by atoms with Gasteiger partial charge >= 0.3 is 0 Å². The minimum Gasteiger partial charge on any atom is -0.326 e. The first-order valence-corrected chi connectivity index (χ1v) is 10.9. The molecule has 0 bridgehead atoms. The summed E-state index contributed by atoms with van der Waals surface area (Å²) >= 11 is 3.40. The number of benzene rings is 2. The SMILES string of the molecule is Cc1cc(Br)ccc1NC(=O)CCn1cnc2c(c(C)c(C)n2-c2cccc(F)c2)c1=O. The van der Waals surface area contributed by atoms with Gasteiger partial charge in [0.1, 0.15) is 5.82 Å². The lowest BCUT2D eigenvalue weighted by molar-refractivity contribution is -0.116. The lowest BCUT2D eigenvalue weighted by Gasteiger charge is -2.10. The number of hydrogen-bond donors (Lipinski definition) is 1. The Bertz CT molecular complexity index is 1410. The Balaban J connectivity index is 1.61. The van der Waals surface area contributed by atoms with Crippen LogP contribution in [0.15, 0.2) is 58.1 Å². The van der Waals surface area contributed by atoms with E-state index in [4.69, 9.17) is 0 Å². The van der Waals surface area contributed by atoms with Gasteiger partial charge in [-0.2, -0.15) is 0 Å². The third kappa shape index (κ3) is 4.10. The van der Waals surface area contributed by atoms with Crippen molar-refractivity contribution in [2.75, 3.05) is 5.32 Å². The predicted octanol–water partition coefficient (Wildman–Crippen LogP) is 5.04. The van der Waals surface area contributed by atoms with Crippen molar-refractivity contribution in [1.82, 2.24) is 14.1 Å². The van der Waals surface area contributed by atoms with Gasteiger partial charge in [-0.1, -0.05) is 22.0 Å². The monoisotopic (exact) mass is 496 g/mol. The van der Waals surface area contributed by atoms with E-state index in [2.05, 4.69) is 26.2 Å². The van der Waals surface area contributed by atoms with Crippen LogP contribution in [0.25, 0.3) is 16.7 Å². The molecule has 0 saturated heterocycles. The van der Waals surface area contributed by atoms with Gasteiger partial charge in [0.25, 0.3) is 5.56 Å². The fraction of sp³-hybridized carbons (Fsp3) is 0.208. The lowest BCUT2D eigenvalue weighted by Crippen LogP contribution is -2.24. The zero-order valence-corrected chi connectivity index (χ0v) is 19.5. The molecule has 4 aromatic rings. The highest BCUT2D eigenvalue weighted by molar-refractivity contribution is 9.10. The van der Waals surface area contributed by atoms with Crippen molar-refractivity contribution in [1.29, 1.82) is 0 Å². The summed E-state index contributed by atoms with van der Waals surface area (Å²) in [5.41, 5.74) is 4.13. The molecule has 0 saturated carbocycles. The summed E-state index contributed by atoms with van der Waals surface area (Å²) in [5.74, 6) is -0.547. The number of carbonyl (C=O) groups excluding carboxylic acids is 1. The molecule has 164 valence electrons. The zero-order chi connectivity index (χ0) is 23.0. The van der Waals surface area contributed by atoms with Crippen molar-refractivity contribution in [2.45, 2.75) is 33.7 Å². The van der Waals surface area contributed by atoms with Crippen LogP contribution in [0.4, 0.5) is 10.1 Å². The van der Waals surface area contributed by atoms with E-state index in [0.29, 0.717) is 16.7 Å². The molecule has 2 aromatic heterocycles. The molecule has 2 heterocycles. The van der Waals surface area contributed by atoms with Crippen LogP contribution >= 0.6 is 15.9 Å². The van der Waals surface area contributed by atoms with Gasteiger partial charge in [0.2, 0.25) is 5.91 Å². The molecule has 1 N–H and O–H groups in total. The minimum absolute atomic E-state index is 0.130. The number of amides is 1. The number of aryl methyl sites for hydroxylation is 3. The van der Waals surface area contributed by atoms with E-state index >= 15 is 0 Å². The van der Waals surface area contributed by atoms with Crippen LogP contribution in [0.2, 0.25) is 0 Å². The summed E-state index contributed by atoms with van der Waals surface area (Å²) in [6, 6.07) is 11.8. The van der Waals surface area contributed by atoms with Crippen molar-refractivity contribution < 1.29 is 9.18 Å². The van der Waals surface area contributed by atoms with Gasteiger partial charge < -0.3 is 5.32 Å². The highest BCUT2D eigenvalue weighted by atomic mass is 79.9. The number of rotatable bonds is 5. The normalized spacial score (nSPS) is 11.2. The summed E-state index contributed by atoms with van der Waals surface area (Å²) in [4.78, 5) is 30.1. The van der Waals surface area contributed by atoms with Crippen LogP contribution in [-0.4, -0.2) is 20.0 Å². The number of nitrogens with one attached hydrogen (secondary N) is 1. The number of anilines is 1. The van der Waals surface area contributed by atoms with E-state index in [1.165, 1.54) is 23.0 Å². The van der Waals surface area contributed by atoms with E-state index in [9.17, 15) is 14.0 Å². The van der Waals surface area contributed by atoms with Crippen LogP contribution < -0.4 is 10.9 Å². The Kier molecular flexibility index (Phi) is 5.97. The Morgan fingerprint density at radius 1 is 1.16 bits per heavy atom. The summed E-state index contributed by atoms with van der Waals surface area (Å²) < 4.78 is 17.9. The van der Waals surface area contributed by atoms with Gasteiger partial charge in [-0.3, -0.25) is 18.7 Å². The van der Waals surface area contributed by atoms with Crippen molar-refractivity contribution in [3.8, 4) is 5.69 Å². The number of aromatic nitrogens is 3. The Morgan fingerprint density at radius 3 is 2.66 bits per heavy atom. The Labute approximate surface area is 192 Å². The Morgan fingerprint density at radius 2 is 1.94 bits per heavy atom. The quantitative estimate of drug-likeness (QED) is 0.420. The zero-order valence-electron chi connectivity index (χ0n) is 17.9. The summed E-state index contributed by atoms with van der Waals surface area (Å²) in [5, 5.41) is 3.35. The van der Waals surface area contributed by atoms with Crippen molar-refractivity contribution in [2.24, 2.45) is 0 Å². The van der Waals surface area contributed by atoms with Gasteiger partial charge in [0.15, 0.2) is 5.65 Å². The number of halogens is 2. The molecule has 0 unspecified atom stereocenters. The largest absolute Gasteiger partial charge is 0.326 e. The number of hydrogen-bond acceptors (Lipinski definition) is 3. The molecule has 2 aromatic carbocycles. The number of fused-ring (bicyclic) bond motifs is 1. The maximum atomic E-state index is 13.8. The van der Waals surface area contributed by atoms with Gasteiger partial charge in [0, 0.05) is 28.8 Å². The van der Waals surface area contributed by atoms with E-state index in [1.54, 1.807) is 16.7 Å². The van der Waals surface area contributed by atoms with Crippen molar-refractivity contribution >= 4 is 38.6 Å². The number of nitrogens with zero attached hydrogens (tertiary/aromatic N) is 3. The third-order valence-electron chi connectivity index (χ3n) is 5.59. The third-order valence-corrected chi connectivity index (χ3v) is 6.08. The van der Waals surface area contributed by atoms with Crippen LogP contribution in [0.5, 0.6) is 0 Å². The van der Waals surface area contributed by atoms with Crippen LogP contribution in [0.3, 0.4) is 0 Å². The molecule has 0 fully saturated rings. The maximum absolute atomic E-state index is 13.8. The van der Waals surface area contributed by atoms with Gasteiger partial charge in [0.05, 0.1) is 17.4 Å². The molecule has 6 nitrogen and oxygen atoms in total. The van der Waals surface area contributed by atoms with Crippen LogP contribution in [0.1, 0.15) is 23.2 Å². The lowest BCUT2D eigenvalue weighted by atomic mass is 10.2. The van der Waals surface area contributed by atoms with Gasteiger partial charge in [-0.25, -0.2) is 9.37 Å². The summed E-state index contributed by atoms with van der Waals surface area (Å²) in [6.45, 7) is 5.84. The molecule has 0 aliphatic heterocycles. The van der Waals surface area contributed by atoms with E-state index in [0.717, 1.165) is 27.0 Å². The fourth-order valence-electron chi connectivity index (χ4n) is 3.78.